The van der Waals surface area contributed by atoms with Crippen LogP contribution in [0.15, 0.2) is 29.8 Å². The van der Waals surface area contributed by atoms with Crippen molar-refractivity contribution < 1.29 is 4.79 Å². The van der Waals surface area contributed by atoms with Crippen molar-refractivity contribution in [1.82, 2.24) is 4.90 Å². The quantitative estimate of drug-likeness (QED) is 0.777. The third-order valence-electron chi connectivity index (χ3n) is 3.00. The lowest BCUT2D eigenvalue weighted by molar-refractivity contribution is -0.128. The molecule has 0 aliphatic carbocycles. The lowest BCUT2D eigenvalue weighted by atomic mass is 10.0. The molecule has 1 rings (SSSR count). The number of aryl methyl sites for hydroxylation is 1. The van der Waals surface area contributed by atoms with Crippen LogP contribution >= 0.6 is 0 Å². The second-order valence-corrected chi connectivity index (χ2v) is 4.88. The third-order valence-corrected chi connectivity index (χ3v) is 3.00. The maximum atomic E-state index is 11.5. The number of nitrogens with zero attached hydrogens (tertiary/aromatic N) is 1. The molecule has 1 aromatic carbocycles. The van der Waals surface area contributed by atoms with Crippen LogP contribution in [0.25, 0.3) is 6.08 Å². The summed E-state index contributed by atoms with van der Waals surface area (Å²) in [6.07, 6.45) is 4.64. The van der Waals surface area contributed by atoms with E-state index in [0.717, 1.165) is 12.8 Å². The normalized spacial score (nSPS) is 11.4. The Morgan fingerprint density at radius 2 is 2.00 bits per heavy atom. The first-order chi connectivity index (χ1) is 8.52. The molecule has 0 aromatic heterocycles. The molecule has 0 unspecified atom stereocenters. The molecular formula is C16H23NO. The van der Waals surface area contributed by atoms with Crippen molar-refractivity contribution in [2.24, 2.45) is 0 Å². The average Bonchev–Trinajstić information content (AvgIpc) is 2.36. The summed E-state index contributed by atoms with van der Waals surface area (Å²) >= 11 is 0. The number of carbonyl (C=O) groups excluding carboxylic acids is 1. The second-order valence-electron chi connectivity index (χ2n) is 4.88. The lowest BCUT2D eigenvalue weighted by Gasteiger charge is -2.10. The van der Waals surface area contributed by atoms with E-state index in [2.05, 4.69) is 44.2 Å². The van der Waals surface area contributed by atoms with Crippen LogP contribution in [0.1, 0.15) is 37.8 Å². The highest BCUT2D eigenvalue weighted by Gasteiger charge is 2.03. The van der Waals surface area contributed by atoms with Crippen LogP contribution < -0.4 is 0 Å². The zero-order valence-electron chi connectivity index (χ0n) is 11.9. The van der Waals surface area contributed by atoms with Gasteiger partial charge in [-0.1, -0.05) is 42.8 Å². The van der Waals surface area contributed by atoms with Gasteiger partial charge in [0.15, 0.2) is 0 Å². The Hall–Kier alpha value is -1.57. The van der Waals surface area contributed by atoms with E-state index < -0.39 is 0 Å². The number of hydrogen-bond acceptors (Lipinski definition) is 1. The fraction of sp³-hybridized carbons (Fsp3) is 0.438. The third kappa shape index (κ3) is 4.74. The van der Waals surface area contributed by atoms with Gasteiger partial charge in [0.2, 0.25) is 5.91 Å². The first kappa shape index (κ1) is 14.5. The zero-order chi connectivity index (χ0) is 13.5. The van der Waals surface area contributed by atoms with E-state index in [1.165, 1.54) is 16.7 Å². The summed E-state index contributed by atoms with van der Waals surface area (Å²) in [5.41, 5.74) is 3.82. The fourth-order valence-corrected chi connectivity index (χ4v) is 1.79. The van der Waals surface area contributed by atoms with Gasteiger partial charge in [-0.05, 0) is 30.9 Å². The number of hydrogen-bond donors (Lipinski definition) is 0. The Kier molecular flexibility index (Phi) is 5.63. The Labute approximate surface area is 110 Å². The second kappa shape index (κ2) is 7.00. The molecule has 0 aliphatic heterocycles. The predicted molar refractivity (Wildman–Crippen MR) is 77.4 cm³/mol. The molecule has 1 aromatic rings. The molecule has 0 aliphatic rings. The maximum absolute atomic E-state index is 11.5. The van der Waals surface area contributed by atoms with Gasteiger partial charge in [-0.25, -0.2) is 0 Å². The Bertz CT molecular complexity index is 432. The molecule has 0 radical (unpaired) electrons. The summed E-state index contributed by atoms with van der Waals surface area (Å²) in [5, 5.41) is 0. The first-order valence-electron chi connectivity index (χ1n) is 6.49. The molecule has 0 bridgehead atoms. The predicted octanol–water partition coefficient (Wildman–Crippen LogP) is 3.52. The van der Waals surface area contributed by atoms with E-state index in [0.29, 0.717) is 6.42 Å². The summed E-state index contributed by atoms with van der Waals surface area (Å²) in [4.78, 5) is 13.1. The molecule has 0 atom stereocenters. The Morgan fingerprint density at radius 1 is 1.28 bits per heavy atom. The van der Waals surface area contributed by atoms with E-state index in [4.69, 9.17) is 0 Å². The molecule has 2 nitrogen and oxygen atoms in total. The minimum Gasteiger partial charge on any atom is -0.349 e. The van der Waals surface area contributed by atoms with Crippen LogP contribution in [-0.4, -0.2) is 24.9 Å². The van der Waals surface area contributed by atoms with E-state index in [-0.39, 0.29) is 5.91 Å². The molecule has 98 valence electrons. The molecule has 2 heteroatoms. The standard InChI is InChI=1S/C16H23NO/c1-5-14-7-6-8-15(12-14)11-13(2)9-10-16(18)17(3)4/h6-8,11-12H,5,9-10H2,1-4H3/b13-11+. The Balaban J connectivity index is 2.62. The molecule has 0 saturated carbocycles. The number of carbonyl (C=O) groups is 1. The highest BCUT2D eigenvalue weighted by Crippen LogP contribution is 2.13. The van der Waals surface area contributed by atoms with Crippen molar-refractivity contribution in [3.63, 3.8) is 0 Å². The van der Waals surface area contributed by atoms with Crippen LogP contribution in [0.5, 0.6) is 0 Å². The van der Waals surface area contributed by atoms with Crippen LogP contribution in [0.2, 0.25) is 0 Å². The van der Waals surface area contributed by atoms with Gasteiger partial charge in [-0.15, -0.1) is 0 Å². The molecular weight excluding hydrogens is 222 g/mol. The van der Waals surface area contributed by atoms with E-state index >= 15 is 0 Å². The van der Waals surface area contributed by atoms with Crippen molar-refractivity contribution >= 4 is 12.0 Å². The summed E-state index contributed by atoms with van der Waals surface area (Å²) in [5.74, 6) is 0.185. The number of benzene rings is 1. The van der Waals surface area contributed by atoms with Crippen molar-refractivity contribution in [2.75, 3.05) is 14.1 Å². The molecule has 1 amide bonds. The fourth-order valence-electron chi connectivity index (χ4n) is 1.79. The van der Waals surface area contributed by atoms with Gasteiger partial charge < -0.3 is 4.90 Å². The minimum atomic E-state index is 0.185. The molecule has 0 N–H and O–H groups in total. The Morgan fingerprint density at radius 3 is 2.61 bits per heavy atom. The van der Waals surface area contributed by atoms with Gasteiger partial charge in [0.05, 0.1) is 0 Å². The van der Waals surface area contributed by atoms with Crippen LogP contribution in [0.3, 0.4) is 0 Å². The van der Waals surface area contributed by atoms with Crippen molar-refractivity contribution in [3.05, 3.63) is 41.0 Å². The lowest BCUT2D eigenvalue weighted by Crippen LogP contribution is -2.21. The van der Waals surface area contributed by atoms with Gasteiger partial charge in [0.25, 0.3) is 0 Å². The van der Waals surface area contributed by atoms with Crippen molar-refractivity contribution in [3.8, 4) is 0 Å². The molecule has 0 heterocycles. The summed E-state index contributed by atoms with van der Waals surface area (Å²) < 4.78 is 0. The van der Waals surface area contributed by atoms with Crippen LogP contribution in [0.4, 0.5) is 0 Å². The highest BCUT2D eigenvalue weighted by molar-refractivity contribution is 5.76. The first-order valence-corrected chi connectivity index (χ1v) is 6.49. The molecule has 18 heavy (non-hydrogen) atoms. The minimum absolute atomic E-state index is 0.185. The van der Waals surface area contributed by atoms with Gasteiger partial charge in [0, 0.05) is 20.5 Å². The van der Waals surface area contributed by atoms with Crippen LogP contribution in [-0.2, 0) is 11.2 Å². The molecule has 0 fully saturated rings. The monoisotopic (exact) mass is 245 g/mol. The molecule has 0 spiro atoms. The van der Waals surface area contributed by atoms with E-state index in [1.807, 2.05) is 0 Å². The van der Waals surface area contributed by atoms with E-state index in [1.54, 1.807) is 19.0 Å². The maximum Gasteiger partial charge on any atom is 0.222 e. The summed E-state index contributed by atoms with van der Waals surface area (Å²) in [7, 11) is 3.60. The summed E-state index contributed by atoms with van der Waals surface area (Å²) in [6, 6.07) is 8.54. The number of allylic oxidation sites excluding steroid dienone is 1. The van der Waals surface area contributed by atoms with Crippen LogP contribution in [0, 0.1) is 0 Å². The zero-order valence-corrected chi connectivity index (χ0v) is 11.9. The van der Waals surface area contributed by atoms with Gasteiger partial charge >= 0.3 is 0 Å². The van der Waals surface area contributed by atoms with Gasteiger partial charge in [0.1, 0.15) is 0 Å². The van der Waals surface area contributed by atoms with Crippen molar-refractivity contribution in [1.29, 1.82) is 0 Å². The topological polar surface area (TPSA) is 20.3 Å². The number of amides is 1. The van der Waals surface area contributed by atoms with E-state index in [9.17, 15) is 4.79 Å². The summed E-state index contributed by atoms with van der Waals surface area (Å²) in [6.45, 7) is 4.24. The smallest absolute Gasteiger partial charge is 0.222 e. The number of rotatable bonds is 5. The van der Waals surface area contributed by atoms with Crippen molar-refractivity contribution in [2.45, 2.75) is 33.1 Å². The van der Waals surface area contributed by atoms with Gasteiger partial charge in [-0.2, -0.15) is 0 Å². The molecule has 0 saturated heterocycles. The van der Waals surface area contributed by atoms with Gasteiger partial charge in [-0.3, -0.25) is 4.79 Å². The largest absolute Gasteiger partial charge is 0.349 e. The average molecular weight is 245 g/mol. The SMILES string of the molecule is CCc1cccc(/C=C(\C)CCC(=O)N(C)C)c1. The highest BCUT2D eigenvalue weighted by atomic mass is 16.2.